The third-order valence-electron chi connectivity index (χ3n) is 5.22. The Labute approximate surface area is 145 Å². The van der Waals surface area contributed by atoms with Crippen LogP contribution in [0.3, 0.4) is 0 Å². The molecule has 1 fully saturated rings. The summed E-state index contributed by atoms with van der Waals surface area (Å²) >= 11 is 0. The molecule has 0 saturated heterocycles. The molecule has 0 aromatic heterocycles. The van der Waals surface area contributed by atoms with Crippen LogP contribution < -0.4 is 0 Å². The van der Waals surface area contributed by atoms with E-state index in [0.717, 1.165) is 19.3 Å². The zero-order valence-corrected chi connectivity index (χ0v) is 14.6. The van der Waals surface area contributed by atoms with Gasteiger partial charge in [-0.15, -0.1) is 0 Å². The molecular weight excluding hydrogens is 345 g/mol. The van der Waals surface area contributed by atoms with Crippen molar-refractivity contribution in [2.24, 2.45) is 5.92 Å². The minimum atomic E-state index is -4.69. The van der Waals surface area contributed by atoms with Crippen LogP contribution in [0.4, 0.5) is 8.78 Å². The summed E-state index contributed by atoms with van der Waals surface area (Å²) in [6.45, 7) is 0. The van der Waals surface area contributed by atoms with Crippen molar-refractivity contribution < 1.29 is 23.1 Å². The van der Waals surface area contributed by atoms with Crippen molar-refractivity contribution in [3.8, 4) is 0 Å². The van der Waals surface area contributed by atoms with Gasteiger partial charge in [-0.2, -0.15) is 0 Å². The third kappa shape index (κ3) is 3.29. The summed E-state index contributed by atoms with van der Waals surface area (Å²) in [5, 5.41) is -1.59. The smallest absolute Gasteiger partial charge is 0.324 e. The first-order valence-corrected chi connectivity index (χ1v) is 10.0. The van der Waals surface area contributed by atoms with Gasteiger partial charge in [-0.3, -0.25) is 4.57 Å². The van der Waals surface area contributed by atoms with Gasteiger partial charge in [0.25, 0.3) is 0 Å². The van der Waals surface area contributed by atoms with Gasteiger partial charge in [0, 0.05) is 0 Å². The van der Waals surface area contributed by atoms with Gasteiger partial charge in [0.15, 0.2) is 0 Å². The molecule has 0 spiro atoms. The van der Waals surface area contributed by atoms with Gasteiger partial charge in [0.05, 0.1) is 0 Å². The predicted molar refractivity (Wildman–Crippen MR) is 92.2 cm³/mol. The van der Waals surface area contributed by atoms with Gasteiger partial charge < -0.3 is 9.79 Å². The fourth-order valence-electron chi connectivity index (χ4n) is 4.14. The van der Waals surface area contributed by atoms with Gasteiger partial charge >= 0.3 is 7.60 Å². The van der Waals surface area contributed by atoms with E-state index in [9.17, 15) is 23.1 Å². The predicted octanol–water partition coefficient (Wildman–Crippen LogP) is 4.97. The number of benzene rings is 2. The standard InChI is InChI=1S/C19H21F2O3P/c20-17-10-6-15(7-11-17)19(25(22,23)24,14-4-2-1-3-5-14)16-8-12-18(21)13-9-16/h6-14H,1-5H2,(H2,22,23,24). The number of hydrogen-bond donors (Lipinski definition) is 2. The summed E-state index contributed by atoms with van der Waals surface area (Å²) in [6.07, 6.45) is 4.13. The van der Waals surface area contributed by atoms with Gasteiger partial charge in [-0.1, -0.05) is 43.5 Å². The van der Waals surface area contributed by atoms with Crippen LogP contribution in [0.25, 0.3) is 0 Å². The lowest BCUT2D eigenvalue weighted by Crippen LogP contribution is -2.38. The Morgan fingerprint density at radius 1 is 0.800 bits per heavy atom. The lowest BCUT2D eigenvalue weighted by Gasteiger charge is -2.43. The van der Waals surface area contributed by atoms with E-state index in [-0.39, 0.29) is 5.92 Å². The Morgan fingerprint density at radius 2 is 1.20 bits per heavy atom. The molecule has 0 atom stereocenters. The van der Waals surface area contributed by atoms with Crippen LogP contribution in [-0.2, 0) is 9.72 Å². The summed E-state index contributed by atoms with van der Waals surface area (Å²) in [7, 11) is -4.69. The zero-order chi connectivity index (χ0) is 18.1. The molecule has 0 radical (unpaired) electrons. The maximum Gasteiger partial charge on any atom is 0.340 e. The van der Waals surface area contributed by atoms with E-state index >= 15 is 0 Å². The van der Waals surface area contributed by atoms with Crippen molar-refractivity contribution in [1.29, 1.82) is 0 Å². The third-order valence-corrected chi connectivity index (χ3v) is 7.02. The van der Waals surface area contributed by atoms with Crippen LogP contribution in [0.15, 0.2) is 48.5 Å². The highest BCUT2D eigenvalue weighted by molar-refractivity contribution is 7.53. The molecule has 0 bridgehead atoms. The Bertz CT molecular complexity index is 717. The highest BCUT2D eigenvalue weighted by Gasteiger charge is 2.55. The van der Waals surface area contributed by atoms with Crippen molar-refractivity contribution in [2.45, 2.75) is 37.3 Å². The Hall–Kier alpha value is -1.55. The normalized spacial score (nSPS) is 16.8. The lowest BCUT2D eigenvalue weighted by molar-refractivity contribution is 0.247. The van der Waals surface area contributed by atoms with Gasteiger partial charge in [-0.25, -0.2) is 8.78 Å². The van der Waals surface area contributed by atoms with E-state index in [1.165, 1.54) is 48.5 Å². The second-order valence-corrected chi connectivity index (χ2v) is 8.45. The molecule has 3 nitrogen and oxygen atoms in total. The van der Waals surface area contributed by atoms with Crippen LogP contribution in [0, 0.1) is 17.6 Å². The molecule has 0 unspecified atom stereocenters. The summed E-state index contributed by atoms with van der Waals surface area (Å²) in [5.41, 5.74) is 0.751. The molecule has 134 valence electrons. The second-order valence-electron chi connectivity index (χ2n) is 6.66. The van der Waals surface area contributed by atoms with Crippen molar-refractivity contribution in [1.82, 2.24) is 0 Å². The monoisotopic (exact) mass is 366 g/mol. The first kappa shape index (κ1) is 18.2. The van der Waals surface area contributed by atoms with E-state index in [4.69, 9.17) is 0 Å². The molecule has 0 aliphatic heterocycles. The van der Waals surface area contributed by atoms with Gasteiger partial charge in [0.2, 0.25) is 0 Å². The average Bonchev–Trinajstić information content (AvgIpc) is 2.58. The van der Waals surface area contributed by atoms with Gasteiger partial charge in [0.1, 0.15) is 16.8 Å². The molecule has 2 N–H and O–H groups in total. The number of hydrogen-bond acceptors (Lipinski definition) is 1. The topological polar surface area (TPSA) is 57.5 Å². The molecule has 6 heteroatoms. The van der Waals surface area contributed by atoms with E-state index in [2.05, 4.69) is 0 Å². The maximum atomic E-state index is 13.4. The van der Waals surface area contributed by atoms with Crippen LogP contribution in [0.5, 0.6) is 0 Å². The first-order valence-electron chi connectivity index (χ1n) is 8.43. The highest BCUT2D eigenvalue weighted by atomic mass is 31.2. The minimum Gasteiger partial charge on any atom is -0.324 e. The van der Waals surface area contributed by atoms with Gasteiger partial charge in [-0.05, 0) is 54.2 Å². The Morgan fingerprint density at radius 3 is 1.56 bits per heavy atom. The quantitative estimate of drug-likeness (QED) is 0.752. The van der Waals surface area contributed by atoms with Crippen LogP contribution in [-0.4, -0.2) is 9.79 Å². The minimum absolute atomic E-state index is 0.294. The van der Waals surface area contributed by atoms with E-state index in [0.29, 0.717) is 24.0 Å². The van der Waals surface area contributed by atoms with Crippen LogP contribution in [0.1, 0.15) is 43.2 Å². The molecular formula is C19H21F2O3P. The lowest BCUT2D eigenvalue weighted by atomic mass is 9.72. The Balaban J connectivity index is 2.28. The fraction of sp³-hybridized carbons (Fsp3) is 0.368. The molecule has 0 heterocycles. The molecule has 2 aromatic carbocycles. The Kier molecular flexibility index (Phi) is 5.10. The van der Waals surface area contributed by atoms with Crippen molar-refractivity contribution >= 4 is 7.60 Å². The zero-order valence-electron chi connectivity index (χ0n) is 13.7. The molecule has 25 heavy (non-hydrogen) atoms. The van der Waals surface area contributed by atoms with Crippen molar-refractivity contribution in [3.05, 3.63) is 71.3 Å². The summed E-state index contributed by atoms with van der Waals surface area (Å²) in [4.78, 5) is 20.9. The average molecular weight is 366 g/mol. The first-order chi connectivity index (χ1) is 11.9. The number of rotatable bonds is 4. The van der Waals surface area contributed by atoms with E-state index in [1.54, 1.807) is 0 Å². The van der Waals surface area contributed by atoms with Crippen LogP contribution in [0.2, 0.25) is 0 Å². The second kappa shape index (κ2) is 6.99. The largest absolute Gasteiger partial charge is 0.340 e. The SMILES string of the molecule is O=P(O)(O)C(c1ccc(F)cc1)(c1ccc(F)cc1)C1CCCCC1. The summed E-state index contributed by atoms with van der Waals surface area (Å²) in [5.74, 6) is -1.23. The molecule has 0 amide bonds. The molecule has 3 rings (SSSR count). The highest BCUT2D eigenvalue weighted by Crippen LogP contribution is 2.66. The fourth-order valence-corrected chi connectivity index (χ4v) is 5.85. The van der Waals surface area contributed by atoms with Crippen molar-refractivity contribution in [3.63, 3.8) is 0 Å². The van der Waals surface area contributed by atoms with E-state index < -0.39 is 24.4 Å². The summed E-state index contributed by atoms with van der Waals surface area (Å²) < 4.78 is 39.7. The molecule has 2 aromatic rings. The summed E-state index contributed by atoms with van der Waals surface area (Å²) in [6, 6.07) is 10.6. The molecule has 1 aliphatic rings. The van der Waals surface area contributed by atoms with E-state index in [1.807, 2.05) is 0 Å². The van der Waals surface area contributed by atoms with Crippen LogP contribution >= 0.6 is 7.60 Å². The molecule has 1 aliphatic carbocycles. The van der Waals surface area contributed by atoms with Crippen molar-refractivity contribution in [2.75, 3.05) is 0 Å². The molecule has 1 saturated carbocycles. The maximum absolute atomic E-state index is 13.4. The number of halogens is 2.